The average molecular weight is 438 g/mol. The van der Waals surface area contributed by atoms with Gasteiger partial charge in [0.15, 0.2) is 0 Å². The summed E-state index contributed by atoms with van der Waals surface area (Å²) in [5, 5.41) is 16.5. The van der Waals surface area contributed by atoms with Crippen LogP contribution < -0.4 is 5.32 Å². The van der Waals surface area contributed by atoms with Crippen molar-refractivity contribution in [3.8, 4) is 5.75 Å². The Hall–Kier alpha value is -2.52. The molecule has 0 aliphatic heterocycles. The van der Waals surface area contributed by atoms with Crippen LogP contribution in [-0.2, 0) is 4.79 Å². The summed E-state index contributed by atoms with van der Waals surface area (Å²) in [7, 11) is 0. The Morgan fingerprint density at radius 1 is 0.903 bits per heavy atom. The zero-order chi connectivity index (χ0) is 22.1. The van der Waals surface area contributed by atoms with E-state index in [-0.39, 0.29) is 11.7 Å². The third kappa shape index (κ3) is 6.48. The summed E-state index contributed by atoms with van der Waals surface area (Å²) >= 11 is 6.09. The van der Waals surface area contributed by atoms with Crippen LogP contribution in [0, 0.1) is 0 Å². The SMILES string of the molecule is CCCCCCCCCC(=O)NC(c1ccc(Cl)cc1)c1c(O)ccc2ccccc12. The summed E-state index contributed by atoms with van der Waals surface area (Å²) in [5.41, 5.74) is 1.61. The molecule has 0 heterocycles. The molecule has 164 valence electrons. The van der Waals surface area contributed by atoms with Crippen molar-refractivity contribution in [2.24, 2.45) is 0 Å². The summed E-state index contributed by atoms with van der Waals surface area (Å²) in [6.07, 6.45) is 8.68. The molecule has 4 heteroatoms. The molecule has 0 saturated heterocycles. The van der Waals surface area contributed by atoms with Crippen LogP contribution in [0.15, 0.2) is 60.7 Å². The minimum Gasteiger partial charge on any atom is -0.508 e. The van der Waals surface area contributed by atoms with Gasteiger partial charge in [-0.2, -0.15) is 0 Å². The van der Waals surface area contributed by atoms with E-state index in [9.17, 15) is 9.90 Å². The van der Waals surface area contributed by atoms with E-state index in [0.29, 0.717) is 17.0 Å². The van der Waals surface area contributed by atoms with Crippen LogP contribution in [0.5, 0.6) is 5.75 Å². The summed E-state index contributed by atoms with van der Waals surface area (Å²) in [5.74, 6) is 0.177. The summed E-state index contributed by atoms with van der Waals surface area (Å²) in [6, 6.07) is 18.5. The van der Waals surface area contributed by atoms with Crippen LogP contribution in [-0.4, -0.2) is 11.0 Å². The van der Waals surface area contributed by atoms with Gasteiger partial charge in [-0.15, -0.1) is 0 Å². The average Bonchev–Trinajstić information content (AvgIpc) is 2.78. The molecule has 0 radical (unpaired) electrons. The molecular weight excluding hydrogens is 406 g/mol. The number of fused-ring (bicyclic) bond motifs is 1. The first-order chi connectivity index (χ1) is 15.1. The Morgan fingerprint density at radius 2 is 1.58 bits per heavy atom. The van der Waals surface area contributed by atoms with Crippen molar-refractivity contribution in [1.82, 2.24) is 5.32 Å². The van der Waals surface area contributed by atoms with Crippen molar-refractivity contribution in [2.45, 2.75) is 64.3 Å². The molecule has 0 aliphatic rings. The lowest BCUT2D eigenvalue weighted by molar-refractivity contribution is -0.121. The quantitative estimate of drug-likeness (QED) is 0.304. The normalized spacial score (nSPS) is 12.1. The molecule has 3 nitrogen and oxygen atoms in total. The van der Waals surface area contributed by atoms with E-state index in [1.165, 1.54) is 32.1 Å². The largest absolute Gasteiger partial charge is 0.508 e. The molecule has 0 aromatic heterocycles. The molecule has 2 N–H and O–H groups in total. The van der Waals surface area contributed by atoms with Gasteiger partial charge in [-0.05, 0) is 41.0 Å². The number of hydrogen-bond acceptors (Lipinski definition) is 2. The van der Waals surface area contributed by atoms with Crippen molar-refractivity contribution < 1.29 is 9.90 Å². The Balaban J connectivity index is 1.77. The fraction of sp³-hybridized carbons (Fsp3) is 0.370. The van der Waals surface area contributed by atoms with Gasteiger partial charge in [0.2, 0.25) is 5.91 Å². The molecule has 3 aromatic rings. The maximum absolute atomic E-state index is 12.8. The second-order valence-electron chi connectivity index (χ2n) is 8.14. The first-order valence-corrected chi connectivity index (χ1v) is 11.7. The van der Waals surface area contributed by atoms with Gasteiger partial charge < -0.3 is 10.4 Å². The second-order valence-corrected chi connectivity index (χ2v) is 8.58. The van der Waals surface area contributed by atoms with Gasteiger partial charge in [0.25, 0.3) is 0 Å². The summed E-state index contributed by atoms with van der Waals surface area (Å²) < 4.78 is 0. The Labute approximate surface area is 190 Å². The summed E-state index contributed by atoms with van der Waals surface area (Å²) in [4.78, 5) is 12.8. The van der Waals surface area contributed by atoms with Crippen LogP contribution in [0.25, 0.3) is 10.8 Å². The van der Waals surface area contributed by atoms with Gasteiger partial charge in [0.05, 0.1) is 6.04 Å². The zero-order valence-corrected chi connectivity index (χ0v) is 19.0. The molecule has 0 spiro atoms. The smallest absolute Gasteiger partial charge is 0.220 e. The van der Waals surface area contributed by atoms with Gasteiger partial charge >= 0.3 is 0 Å². The van der Waals surface area contributed by atoms with E-state index >= 15 is 0 Å². The number of benzene rings is 3. The predicted molar refractivity (Wildman–Crippen MR) is 130 cm³/mol. The number of amides is 1. The van der Waals surface area contributed by atoms with Crippen LogP contribution in [0.4, 0.5) is 0 Å². The van der Waals surface area contributed by atoms with Gasteiger partial charge in [-0.1, -0.05) is 99.5 Å². The molecule has 3 aromatic carbocycles. The molecular formula is C27H32ClNO2. The van der Waals surface area contributed by atoms with Gasteiger partial charge in [0.1, 0.15) is 5.75 Å². The minimum atomic E-state index is -0.444. The number of aromatic hydroxyl groups is 1. The Bertz CT molecular complexity index is 984. The Morgan fingerprint density at radius 3 is 2.32 bits per heavy atom. The predicted octanol–water partition coefficient (Wildman–Crippen LogP) is 7.55. The highest BCUT2D eigenvalue weighted by Gasteiger charge is 2.22. The number of hydrogen-bond donors (Lipinski definition) is 2. The number of carbonyl (C=O) groups is 1. The fourth-order valence-corrected chi connectivity index (χ4v) is 4.17. The maximum atomic E-state index is 12.8. The topological polar surface area (TPSA) is 49.3 Å². The van der Waals surface area contributed by atoms with Crippen molar-refractivity contribution in [1.29, 1.82) is 0 Å². The van der Waals surface area contributed by atoms with Crippen LogP contribution in [0.3, 0.4) is 0 Å². The first kappa shape index (κ1) is 23.1. The van der Waals surface area contributed by atoms with Crippen LogP contribution in [0.2, 0.25) is 5.02 Å². The number of halogens is 1. The number of unbranched alkanes of at least 4 members (excludes halogenated alkanes) is 6. The maximum Gasteiger partial charge on any atom is 0.220 e. The van der Waals surface area contributed by atoms with E-state index in [2.05, 4.69) is 12.2 Å². The van der Waals surface area contributed by atoms with Crippen molar-refractivity contribution in [3.63, 3.8) is 0 Å². The highest BCUT2D eigenvalue weighted by Crippen LogP contribution is 2.36. The monoisotopic (exact) mass is 437 g/mol. The molecule has 0 bridgehead atoms. The van der Waals surface area contributed by atoms with Gasteiger partial charge in [-0.25, -0.2) is 0 Å². The molecule has 1 atom stereocenters. The van der Waals surface area contributed by atoms with E-state index in [4.69, 9.17) is 11.6 Å². The molecule has 3 rings (SSSR count). The molecule has 1 unspecified atom stereocenters. The number of nitrogens with one attached hydrogen (secondary N) is 1. The highest BCUT2D eigenvalue weighted by molar-refractivity contribution is 6.30. The summed E-state index contributed by atoms with van der Waals surface area (Å²) in [6.45, 7) is 2.22. The fourth-order valence-electron chi connectivity index (χ4n) is 4.04. The standard InChI is InChI=1S/C27H32ClNO2/c1-2-3-4-5-6-7-8-13-25(31)29-27(21-14-17-22(28)18-15-21)26-23-12-10-9-11-20(23)16-19-24(26)30/h9-12,14-19,27,30H,2-8,13H2,1H3,(H,29,31). The van der Waals surface area contributed by atoms with Crippen molar-refractivity contribution in [3.05, 3.63) is 76.8 Å². The van der Waals surface area contributed by atoms with Crippen molar-refractivity contribution in [2.75, 3.05) is 0 Å². The molecule has 0 saturated carbocycles. The van der Waals surface area contributed by atoms with Crippen LogP contribution >= 0.6 is 11.6 Å². The second kappa shape index (κ2) is 11.8. The molecule has 1 amide bonds. The lowest BCUT2D eigenvalue weighted by Crippen LogP contribution is -2.29. The van der Waals surface area contributed by atoms with Crippen molar-refractivity contribution >= 4 is 28.3 Å². The zero-order valence-electron chi connectivity index (χ0n) is 18.2. The van der Waals surface area contributed by atoms with Crippen LogP contribution in [0.1, 0.15) is 75.5 Å². The lowest BCUT2D eigenvalue weighted by atomic mass is 9.92. The Kier molecular flexibility index (Phi) is 8.78. The number of phenolic OH excluding ortho intramolecular Hbond substituents is 1. The van der Waals surface area contributed by atoms with E-state index in [1.807, 2.05) is 54.6 Å². The van der Waals surface area contributed by atoms with E-state index in [1.54, 1.807) is 6.07 Å². The highest BCUT2D eigenvalue weighted by atomic mass is 35.5. The molecule has 0 aliphatic carbocycles. The van der Waals surface area contributed by atoms with Gasteiger partial charge in [0, 0.05) is 17.0 Å². The third-order valence-electron chi connectivity index (χ3n) is 5.75. The first-order valence-electron chi connectivity index (χ1n) is 11.4. The molecule has 0 fully saturated rings. The molecule has 31 heavy (non-hydrogen) atoms. The third-order valence-corrected chi connectivity index (χ3v) is 6.00. The number of carbonyl (C=O) groups excluding carboxylic acids is 1. The van der Waals surface area contributed by atoms with Gasteiger partial charge in [-0.3, -0.25) is 4.79 Å². The van der Waals surface area contributed by atoms with E-state index < -0.39 is 6.04 Å². The minimum absolute atomic E-state index is 0.000780. The number of rotatable bonds is 11. The lowest BCUT2D eigenvalue weighted by Gasteiger charge is -2.23. The number of phenols is 1. The van der Waals surface area contributed by atoms with E-state index in [0.717, 1.165) is 29.2 Å².